The van der Waals surface area contributed by atoms with Gasteiger partial charge in [0.15, 0.2) is 6.29 Å². The quantitative estimate of drug-likeness (QED) is 0.839. The highest BCUT2D eigenvalue weighted by atomic mass is 16.7. The third-order valence-corrected chi connectivity index (χ3v) is 3.44. The lowest BCUT2D eigenvalue weighted by Crippen LogP contribution is -2.24. The summed E-state index contributed by atoms with van der Waals surface area (Å²) in [6, 6.07) is 5.98. The van der Waals surface area contributed by atoms with Crippen molar-refractivity contribution in [1.29, 1.82) is 0 Å². The lowest BCUT2D eigenvalue weighted by atomic mass is 10.2. The molecule has 106 valence electrons. The van der Waals surface area contributed by atoms with E-state index in [1.54, 1.807) is 12.4 Å². The Labute approximate surface area is 118 Å². The maximum Gasteiger partial charge on any atom is 0.157 e. The van der Waals surface area contributed by atoms with Crippen LogP contribution >= 0.6 is 0 Å². The molecular weight excluding hydrogens is 254 g/mol. The molecule has 1 saturated heterocycles. The molecule has 20 heavy (non-hydrogen) atoms. The fourth-order valence-electron chi connectivity index (χ4n) is 2.39. The van der Waals surface area contributed by atoms with Gasteiger partial charge in [-0.25, -0.2) is 0 Å². The zero-order chi connectivity index (χ0) is 13.6. The average Bonchev–Trinajstić information content (AvgIpc) is 2.98. The van der Waals surface area contributed by atoms with Gasteiger partial charge in [-0.2, -0.15) is 5.10 Å². The second kappa shape index (κ2) is 6.63. The predicted molar refractivity (Wildman–Crippen MR) is 75.0 cm³/mol. The molecule has 0 amide bonds. The van der Waals surface area contributed by atoms with Crippen LogP contribution in [0.3, 0.4) is 0 Å². The predicted octanol–water partition coefficient (Wildman–Crippen LogP) is 2.49. The largest absolute Gasteiger partial charge is 0.353 e. The van der Waals surface area contributed by atoms with Gasteiger partial charge in [0.1, 0.15) is 0 Å². The minimum Gasteiger partial charge on any atom is -0.353 e. The minimum atomic E-state index is -0.0383. The van der Waals surface area contributed by atoms with Gasteiger partial charge >= 0.3 is 0 Å². The molecule has 5 nitrogen and oxygen atoms in total. The highest BCUT2D eigenvalue weighted by molar-refractivity contribution is 5.58. The van der Waals surface area contributed by atoms with Gasteiger partial charge in [-0.1, -0.05) is 0 Å². The van der Waals surface area contributed by atoms with Crippen molar-refractivity contribution in [3.8, 4) is 11.3 Å². The normalized spacial score (nSPS) is 19.1. The van der Waals surface area contributed by atoms with Gasteiger partial charge in [0.2, 0.25) is 0 Å². The fourth-order valence-corrected chi connectivity index (χ4v) is 2.39. The van der Waals surface area contributed by atoms with E-state index in [2.05, 4.69) is 10.1 Å². The standard InChI is InChI=1S/C15H19N3O2/c1-2-11-19-15(3-1)20-12-10-18-14(6-9-17-18)13-4-7-16-8-5-13/h4-9,15H,1-3,10-12H2/t15-/m0/s1. The van der Waals surface area contributed by atoms with Gasteiger partial charge in [-0.15, -0.1) is 0 Å². The molecule has 1 fully saturated rings. The Kier molecular flexibility index (Phi) is 4.40. The molecule has 2 aromatic heterocycles. The lowest BCUT2D eigenvalue weighted by molar-refractivity contribution is -0.163. The molecule has 0 N–H and O–H groups in total. The fraction of sp³-hybridized carbons (Fsp3) is 0.467. The lowest BCUT2D eigenvalue weighted by Gasteiger charge is -2.22. The van der Waals surface area contributed by atoms with E-state index >= 15 is 0 Å². The summed E-state index contributed by atoms with van der Waals surface area (Å²) in [6.45, 7) is 2.16. The number of rotatable bonds is 5. The molecule has 1 aliphatic heterocycles. The van der Waals surface area contributed by atoms with Crippen molar-refractivity contribution in [3.05, 3.63) is 36.8 Å². The second-order valence-electron chi connectivity index (χ2n) is 4.84. The average molecular weight is 273 g/mol. The van der Waals surface area contributed by atoms with Gasteiger partial charge < -0.3 is 9.47 Å². The zero-order valence-electron chi connectivity index (χ0n) is 11.4. The summed E-state index contributed by atoms with van der Waals surface area (Å²) in [5, 5.41) is 4.35. The van der Waals surface area contributed by atoms with Crippen LogP contribution in [0.15, 0.2) is 36.8 Å². The van der Waals surface area contributed by atoms with E-state index < -0.39 is 0 Å². The molecule has 0 bridgehead atoms. The topological polar surface area (TPSA) is 49.2 Å². The number of hydrogen-bond acceptors (Lipinski definition) is 4. The van der Waals surface area contributed by atoms with Crippen molar-refractivity contribution < 1.29 is 9.47 Å². The molecule has 0 unspecified atom stereocenters. The Bertz CT molecular complexity index is 521. The first-order chi connectivity index (χ1) is 9.93. The van der Waals surface area contributed by atoms with Gasteiger partial charge in [0.25, 0.3) is 0 Å². The molecule has 2 aromatic rings. The van der Waals surface area contributed by atoms with Crippen LogP contribution in [0.4, 0.5) is 0 Å². The van der Waals surface area contributed by atoms with Crippen molar-refractivity contribution in [3.63, 3.8) is 0 Å². The molecule has 5 heteroatoms. The summed E-state index contributed by atoms with van der Waals surface area (Å²) < 4.78 is 13.3. The molecular formula is C15H19N3O2. The van der Waals surface area contributed by atoms with Crippen LogP contribution in [0, 0.1) is 0 Å². The van der Waals surface area contributed by atoms with Crippen molar-refractivity contribution in [2.45, 2.75) is 32.1 Å². The molecule has 3 heterocycles. The number of hydrogen-bond donors (Lipinski definition) is 0. The SMILES string of the molecule is c1cc(-c2ccnn2CCO[C@H]2CCCCO2)ccn1. The monoisotopic (exact) mass is 273 g/mol. The van der Waals surface area contributed by atoms with E-state index in [-0.39, 0.29) is 6.29 Å². The van der Waals surface area contributed by atoms with Gasteiger partial charge in [-0.3, -0.25) is 9.67 Å². The third kappa shape index (κ3) is 3.23. The van der Waals surface area contributed by atoms with Crippen LogP contribution in [0.2, 0.25) is 0 Å². The molecule has 0 aliphatic carbocycles. The maximum absolute atomic E-state index is 5.75. The molecule has 0 saturated carbocycles. The number of nitrogens with zero attached hydrogens (tertiary/aromatic N) is 3. The highest BCUT2D eigenvalue weighted by Crippen LogP contribution is 2.18. The van der Waals surface area contributed by atoms with Crippen LogP contribution < -0.4 is 0 Å². The smallest absolute Gasteiger partial charge is 0.157 e. The van der Waals surface area contributed by atoms with E-state index in [0.717, 1.165) is 37.3 Å². The van der Waals surface area contributed by atoms with Gasteiger partial charge in [-0.05, 0) is 37.5 Å². The van der Waals surface area contributed by atoms with E-state index in [1.165, 1.54) is 6.42 Å². The Balaban J connectivity index is 1.57. The molecule has 1 atom stereocenters. The number of aromatic nitrogens is 3. The summed E-state index contributed by atoms with van der Waals surface area (Å²) in [6.07, 6.45) is 8.69. The summed E-state index contributed by atoms with van der Waals surface area (Å²) in [7, 11) is 0. The van der Waals surface area contributed by atoms with Crippen LogP contribution in [0.25, 0.3) is 11.3 Å². The number of ether oxygens (including phenoxy) is 2. The first kappa shape index (κ1) is 13.3. The Morgan fingerprint density at radius 2 is 2.10 bits per heavy atom. The Hall–Kier alpha value is -1.72. The summed E-state index contributed by atoms with van der Waals surface area (Å²) in [5.41, 5.74) is 2.20. The summed E-state index contributed by atoms with van der Waals surface area (Å²) in [4.78, 5) is 4.04. The molecule has 0 spiro atoms. The van der Waals surface area contributed by atoms with Crippen LogP contribution in [-0.4, -0.2) is 34.3 Å². The van der Waals surface area contributed by atoms with Crippen LogP contribution in [0.1, 0.15) is 19.3 Å². The van der Waals surface area contributed by atoms with E-state index in [9.17, 15) is 0 Å². The highest BCUT2D eigenvalue weighted by Gasteiger charge is 2.14. The van der Waals surface area contributed by atoms with E-state index in [1.807, 2.05) is 29.1 Å². The first-order valence-electron chi connectivity index (χ1n) is 7.09. The Morgan fingerprint density at radius 3 is 2.90 bits per heavy atom. The second-order valence-corrected chi connectivity index (χ2v) is 4.84. The molecule has 0 radical (unpaired) electrons. The van der Waals surface area contributed by atoms with Gasteiger partial charge in [0, 0.05) is 30.8 Å². The van der Waals surface area contributed by atoms with E-state index in [4.69, 9.17) is 9.47 Å². The van der Waals surface area contributed by atoms with E-state index in [0.29, 0.717) is 6.61 Å². The van der Waals surface area contributed by atoms with Gasteiger partial charge in [0.05, 0.1) is 18.8 Å². The van der Waals surface area contributed by atoms with Crippen molar-refractivity contribution in [1.82, 2.24) is 14.8 Å². The molecule has 0 aromatic carbocycles. The summed E-state index contributed by atoms with van der Waals surface area (Å²) >= 11 is 0. The third-order valence-electron chi connectivity index (χ3n) is 3.44. The van der Waals surface area contributed by atoms with Crippen molar-refractivity contribution >= 4 is 0 Å². The molecule has 1 aliphatic rings. The maximum atomic E-state index is 5.75. The van der Waals surface area contributed by atoms with Crippen LogP contribution in [-0.2, 0) is 16.0 Å². The van der Waals surface area contributed by atoms with Crippen molar-refractivity contribution in [2.24, 2.45) is 0 Å². The number of pyridine rings is 1. The van der Waals surface area contributed by atoms with Crippen molar-refractivity contribution in [2.75, 3.05) is 13.2 Å². The summed E-state index contributed by atoms with van der Waals surface area (Å²) in [5.74, 6) is 0. The van der Waals surface area contributed by atoms with Crippen LogP contribution in [0.5, 0.6) is 0 Å². The Morgan fingerprint density at radius 1 is 1.20 bits per heavy atom. The minimum absolute atomic E-state index is 0.0383. The zero-order valence-corrected chi connectivity index (χ0v) is 11.4. The molecule has 3 rings (SSSR count). The first-order valence-corrected chi connectivity index (χ1v) is 7.09.